The predicted octanol–water partition coefficient (Wildman–Crippen LogP) is 5.84. The normalized spacial score (nSPS) is 16.2. The molecule has 5 nitrogen and oxygen atoms in total. The summed E-state index contributed by atoms with van der Waals surface area (Å²) in [6.45, 7) is 4.45. The van der Waals surface area contributed by atoms with Gasteiger partial charge in [0.25, 0.3) is 0 Å². The molecule has 1 aliphatic rings. The van der Waals surface area contributed by atoms with E-state index >= 15 is 0 Å². The van der Waals surface area contributed by atoms with E-state index in [4.69, 9.17) is 9.15 Å². The summed E-state index contributed by atoms with van der Waals surface area (Å²) in [4.78, 5) is 15.3. The van der Waals surface area contributed by atoms with Crippen molar-refractivity contribution in [3.63, 3.8) is 0 Å². The number of piperidine rings is 1. The first-order valence-electron chi connectivity index (χ1n) is 12.3. The van der Waals surface area contributed by atoms with Crippen LogP contribution in [0.4, 0.5) is 0 Å². The maximum absolute atomic E-state index is 12.9. The zero-order valence-electron chi connectivity index (χ0n) is 19.5. The zero-order chi connectivity index (χ0) is 23.0. The summed E-state index contributed by atoms with van der Waals surface area (Å²) in [5.74, 6) is 1.89. The van der Waals surface area contributed by atoms with Crippen molar-refractivity contribution in [1.29, 1.82) is 0 Å². The topological polar surface area (TPSA) is 62.9 Å². The van der Waals surface area contributed by atoms with Crippen molar-refractivity contribution in [2.75, 3.05) is 19.7 Å². The summed E-state index contributed by atoms with van der Waals surface area (Å²) >= 11 is 0. The molecule has 4 rings (SSSR count). The minimum Gasteiger partial charge on any atom is -0.475 e. The monoisotopic (exact) mass is 449 g/mol. The van der Waals surface area contributed by atoms with Crippen LogP contribution in [-0.4, -0.2) is 35.9 Å². The standard InChI is InChI=1S/C28H35NO4/c1-2-3-5-10-28(29-16-13-21(14-17-29)15-18-30)32-23-11-12-26-24(19-23)25(31)20-27(33-26)22-8-6-4-7-9-22/h4,6-9,11-12,19-21,28,30H,2-3,5,10,13-18H2,1H3. The second kappa shape index (κ2) is 11.5. The second-order valence-electron chi connectivity index (χ2n) is 9.06. The lowest BCUT2D eigenvalue weighted by atomic mass is 9.93. The molecule has 5 heteroatoms. The summed E-state index contributed by atoms with van der Waals surface area (Å²) in [6, 6.07) is 16.8. The van der Waals surface area contributed by atoms with Crippen LogP contribution in [0.15, 0.2) is 63.8 Å². The molecule has 0 amide bonds. The summed E-state index contributed by atoms with van der Waals surface area (Å²) in [7, 11) is 0. The van der Waals surface area contributed by atoms with Gasteiger partial charge in [-0.05, 0) is 56.2 Å². The maximum Gasteiger partial charge on any atom is 0.193 e. The molecule has 1 aliphatic heterocycles. The van der Waals surface area contributed by atoms with Crippen molar-refractivity contribution in [1.82, 2.24) is 4.90 Å². The number of fused-ring (bicyclic) bond motifs is 1. The summed E-state index contributed by atoms with van der Waals surface area (Å²) in [5.41, 5.74) is 1.39. The highest BCUT2D eigenvalue weighted by Gasteiger charge is 2.26. The van der Waals surface area contributed by atoms with Gasteiger partial charge in [0.15, 0.2) is 11.7 Å². The van der Waals surface area contributed by atoms with E-state index in [0.29, 0.717) is 28.4 Å². The number of hydrogen-bond donors (Lipinski definition) is 1. The number of nitrogens with zero attached hydrogens (tertiary/aromatic N) is 1. The number of likely N-dealkylation sites (tertiary alicyclic amines) is 1. The summed E-state index contributed by atoms with van der Waals surface area (Å²) < 4.78 is 12.5. The molecule has 1 saturated heterocycles. The molecule has 2 aromatic carbocycles. The number of aliphatic hydroxyl groups is 1. The average Bonchev–Trinajstić information content (AvgIpc) is 2.85. The van der Waals surface area contributed by atoms with Crippen molar-refractivity contribution in [3.05, 3.63) is 64.8 Å². The lowest BCUT2D eigenvalue weighted by molar-refractivity contribution is -0.00679. The Morgan fingerprint density at radius 1 is 1.09 bits per heavy atom. The van der Waals surface area contributed by atoms with Gasteiger partial charge in [-0.3, -0.25) is 9.69 Å². The fourth-order valence-corrected chi connectivity index (χ4v) is 4.71. The van der Waals surface area contributed by atoms with Crippen molar-refractivity contribution in [3.8, 4) is 17.1 Å². The molecule has 1 fully saturated rings. The van der Waals surface area contributed by atoms with Crippen molar-refractivity contribution in [2.45, 2.75) is 58.1 Å². The lowest BCUT2D eigenvalue weighted by Gasteiger charge is -2.37. The molecule has 0 radical (unpaired) electrons. The van der Waals surface area contributed by atoms with Crippen LogP contribution in [0.2, 0.25) is 0 Å². The zero-order valence-corrected chi connectivity index (χ0v) is 19.5. The Labute approximate surface area is 196 Å². The van der Waals surface area contributed by atoms with Crippen LogP contribution in [0, 0.1) is 5.92 Å². The fourth-order valence-electron chi connectivity index (χ4n) is 4.71. The van der Waals surface area contributed by atoms with Crippen LogP contribution in [-0.2, 0) is 0 Å². The molecule has 1 unspecified atom stereocenters. The Bertz CT molecular complexity index is 1070. The van der Waals surface area contributed by atoms with Gasteiger partial charge in [0.2, 0.25) is 0 Å². The molecule has 1 aromatic heterocycles. The SMILES string of the molecule is CCCCCC(Oc1ccc2oc(-c3ccccc3)cc(=O)c2c1)N1CCC(CCO)CC1. The number of benzene rings is 2. The Hall–Kier alpha value is -2.63. The van der Waals surface area contributed by atoms with Gasteiger partial charge < -0.3 is 14.3 Å². The lowest BCUT2D eigenvalue weighted by Crippen LogP contribution is -2.44. The van der Waals surface area contributed by atoms with E-state index in [9.17, 15) is 9.90 Å². The molecule has 2 heterocycles. The third-order valence-corrected chi connectivity index (χ3v) is 6.68. The van der Waals surface area contributed by atoms with Crippen LogP contribution in [0.3, 0.4) is 0 Å². The number of aliphatic hydroxyl groups excluding tert-OH is 1. The first-order chi connectivity index (χ1) is 16.2. The van der Waals surface area contributed by atoms with Gasteiger partial charge in [0, 0.05) is 31.3 Å². The highest BCUT2D eigenvalue weighted by molar-refractivity contribution is 5.80. The van der Waals surface area contributed by atoms with Crippen molar-refractivity contribution in [2.24, 2.45) is 5.92 Å². The third kappa shape index (κ3) is 6.04. The van der Waals surface area contributed by atoms with E-state index in [1.54, 1.807) is 6.07 Å². The van der Waals surface area contributed by atoms with Gasteiger partial charge >= 0.3 is 0 Å². The third-order valence-electron chi connectivity index (χ3n) is 6.68. The van der Waals surface area contributed by atoms with Gasteiger partial charge in [0.05, 0.1) is 5.39 Å². The average molecular weight is 450 g/mol. The molecular formula is C28H35NO4. The largest absolute Gasteiger partial charge is 0.475 e. The first kappa shape index (κ1) is 23.5. The van der Waals surface area contributed by atoms with Crippen LogP contribution < -0.4 is 10.2 Å². The number of unbranched alkanes of at least 4 members (excludes halogenated alkanes) is 2. The van der Waals surface area contributed by atoms with E-state index in [1.807, 2.05) is 48.5 Å². The predicted molar refractivity (Wildman–Crippen MR) is 132 cm³/mol. The van der Waals surface area contributed by atoms with E-state index < -0.39 is 0 Å². The molecule has 33 heavy (non-hydrogen) atoms. The van der Waals surface area contributed by atoms with Gasteiger partial charge in [0.1, 0.15) is 17.1 Å². The molecule has 0 spiro atoms. The van der Waals surface area contributed by atoms with Crippen LogP contribution in [0.25, 0.3) is 22.3 Å². The van der Waals surface area contributed by atoms with Crippen LogP contribution >= 0.6 is 0 Å². The Balaban J connectivity index is 1.53. The Morgan fingerprint density at radius 2 is 1.88 bits per heavy atom. The molecule has 3 aromatic rings. The van der Waals surface area contributed by atoms with Crippen LogP contribution in [0.1, 0.15) is 51.9 Å². The van der Waals surface area contributed by atoms with E-state index in [1.165, 1.54) is 12.8 Å². The van der Waals surface area contributed by atoms with E-state index in [-0.39, 0.29) is 18.3 Å². The molecule has 1 atom stereocenters. The number of hydrogen-bond acceptors (Lipinski definition) is 5. The summed E-state index contributed by atoms with van der Waals surface area (Å²) in [5, 5.41) is 9.79. The van der Waals surface area contributed by atoms with Crippen molar-refractivity contribution >= 4 is 11.0 Å². The van der Waals surface area contributed by atoms with E-state index in [0.717, 1.165) is 50.8 Å². The molecule has 0 bridgehead atoms. The van der Waals surface area contributed by atoms with E-state index in [2.05, 4.69) is 11.8 Å². The first-order valence-corrected chi connectivity index (χ1v) is 12.3. The minimum absolute atomic E-state index is 0.000269. The Kier molecular flexibility index (Phi) is 8.19. The quantitative estimate of drug-likeness (QED) is 0.394. The molecule has 0 saturated carbocycles. The highest BCUT2D eigenvalue weighted by Crippen LogP contribution is 2.28. The fraction of sp³-hybridized carbons (Fsp3) is 0.464. The maximum atomic E-state index is 12.9. The van der Waals surface area contributed by atoms with Gasteiger partial charge in [-0.15, -0.1) is 0 Å². The second-order valence-corrected chi connectivity index (χ2v) is 9.06. The van der Waals surface area contributed by atoms with Crippen LogP contribution in [0.5, 0.6) is 5.75 Å². The summed E-state index contributed by atoms with van der Waals surface area (Å²) in [6.07, 6.45) is 7.53. The minimum atomic E-state index is -0.0621. The highest BCUT2D eigenvalue weighted by atomic mass is 16.5. The number of rotatable bonds is 10. The van der Waals surface area contributed by atoms with Gasteiger partial charge in [-0.1, -0.05) is 50.1 Å². The van der Waals surface area contributed by atoms with Gasteiger partial charge in [-0.2, -0.15) is 0 Å². The number of ether oxygens (including phenoxy) is 1. The molecule has 176 valence electrons. The molecular weight excluding hydrogens is 414 g/mol. The van der Waals surface area contributed by atoms with Crippen molar-refractivity contribution < 1.29 is 14.3 Å². The van der Waals surface area contributed by atoms with Gasteiger partial charge in [-0.25, -0.2) is 0 Å². The Morgan fingerprint density at radius 3 is 2.61 bits per heavy atom. The molecule has 1 N–H and O–H groups in total. The molecule has 0 aliphatic carbocycles. The smallest absolute Gasteiger partial charge is 0.193 e.